The highest BCUT2D eigenvalue weighted by Gasteiger charge is 2.28. The number of rotatable bonds is 6. The molecule has 0 saturated heterocycles. The van der Waals surface area contributed by atoms with Gasteiger partial charge in [-0.1, -0.05) is 6.92 Å². The summed E-state index contributed by atoms with van der Waals surface area (Å²) in [6, 6.07) is -0.00679. The van der Waals surface area contributed by atoms with Gasteiger partial charge in [0.15, 0.2) is 0 Å². The Labute approximate surface area is 117 Å². The number of anilines is 1. The Morgan fingerprint density at radius 2 is 2.00 bits per heavy atom. The van der Waals surface area contributed by atoms with Crippen molar-refractivity contribution in [2.45, 2.75) is 45.3 Å². The summed E-state index contributed by atoms with van der Waals surface area (Å²) in [5, 5.41) is 4.30. The second-order valence-corrected chi connectivity index (χ2v) is 5.17. The van der Waals surface area contributed by atoms with Crippen LogP contribution in [0.1, 0.15) is 31.0 Å². The SMILES string of the molecule is CCC(N)Cc1c(C)nn(C)c1N(C)CCC(F)(F)F. The molecule has 1 aromatic rings. The maximum Gasteiger partial charge on any atom is 0.390 e. The van der Waals surface area contributed by atoms with Gasteiger partial charge in [0.1, 0.15) is 5.82 Å². The first-order valence-electron chi connectivity index (χ1n) is 6.71. The minimum Gasteiger partial charge on any atom is -0.359 e. The fourth-order valence-electron chi connectivity index (χ4n) is 2.21. The fourth-order valence-corrected chi connectivity index (χ4v) is 2.21. The number of hydrogen-bond acceptors (Lipinski definition) is 3. The molecule has 0 fully saturated rings. The van der Waals surface area contributed by atoms with Crippen molar-refractivity contribution in [1.29, 1.82) is 0 Å². The largest absolute Gasteiger partial charge is 0.390 e. The molecule has 116 valence electrons. The van der Waals surface area contributed by atoms with Crippen LogP contribution in [0.4, 0.5) is 19.0 Å². The average molecular weight is 292 g/mol. The van der Waals surface area contributed by atoms with Crippen LogP contribution in [0.25, 0.3) is 0 Å². The number of nitrogens with zero attached hydrogens (tertiary/aromatic N) is 3. The molecule has 2 N–H and O–H groups in total. The van der Waals surface area contributed by atoms with Gasteiger partial charge in [0.2, 0.25) is 0 Å². The number of aryl methyl sites for hydroxylation is 2. The van der Waals surface area contributed by atoms with Gasteiger partial charge in [-0.05, 0) is 19.8 Å². The van der Waals surface area contributed by atoms with Gasteiger partial charge in [0, 0.05) is 32.2 Å². The quantitative estimate of drug-likeness (QED) is 0.876. The maximum absolute atomic E-state index is 12.3. The van der Waals surface area contributed by atoms with Crippen molar-refractivity contribution in [3.8, 4) is 0 Å². The van der Waals surface area contributed by atoms with E-state index in [9.17, 15) is 13.2 Å². The normalized spacial score (nSPS) is 13.6. The summed E-state index contributed by atoms with van der Waals surface area (Å²) in [4.78, 5) is 1.60. The van der Waals surface area contributed by atoms with Gasteiger partial charge in [0.05, 0.1) is 12.1 Å². The summed E-state index contributed by atoms with van der Waals surface area (Å²) in [6.45, 7) is 3.76. The molecule has 7 heteroatoms. The number of hydrogen-bond donors (Lipinski definition) is 1. The van der Waals surface area contributed by atoms with Crippen LogP contribution < -0.4 is 10.6 Å². The standard InChI is InChI=1S/C13H23F3N4/c1-5-10(17)8-11-9(2)18-20(4)12(11)19(3)7-6-13(14,15)16/h10H,5-8,17H2,1-4H3. The molecule has 0 radical (unpaired) electrons. The topological polar surface area (TPSA) is 47.1 Å². The molecule has 0 aliphatic rings. The molecule has 1 rings (SSSR count). The van der Waals surface area contributed by atoms with Gasteiger partial charge >= 0.3 is 6.18 Å². The molecule has 0 amide bonds. The molecule has 0 aromatic carbocycles. The van der Waals surface area contributed by atoms with E-state index in [0.29, 0.717) is 6.42 Å². The molecule has 1 atom stereocenters. The lowest BCUT2D eigenvalue weighted by Gasteiger charge is -2.22. The predicted molar refractivity (Wildman–Crippen MR) is 73.9 cm³/mol. The smallest absolute Gasteiger partial charge is 0.359 e. The molecule has 0 aliphatic heterocycles. The highest BCUT2D eigenvalue weighted by atomic mass is 19.4. The van der Waals surface area contributed by atoms with Crippen molar-refractivity contribution < 1.29 is 13.2 Å². The number of aromatic nitrogens is 2. The first-order valence-corrected chi connectivity index (χ1v) is 6.71. The van der Waals surface area contributed by atoms with Crippen LogP contribution in [0.2, 0.25) is 0 Å². The van der Waals surface area contributed by atoms with Crippen LogP contribution >= 0.6 is 0 Å². The van der Waals surface area contributed by atoms with Crippen LogP contribution in [-0.4, -0.2) is 35.6 Å². The van der Waals surface area contributed by atoms with E-state index in [4.69, 9.17) is 5.73 Å². The zero-order chi connectivity index (χ0) is 15.5. The van der Waals surface area contributed by atoms with Gasteiger partial charge < -0.3 is 10.6 Å². The molecular weight excluding hydrogens is 269 g/mol. The van der Waals surface area contributed by atoms with Crippen molar-refractivity contribution in [1.82, 2.24) is 9.78 Å². The van der Waals surface area contributed by atoms with Crippen LogP contribution in [0.5, 0.6) is 0 Å². The maximum atomic E-state index is 12.3. The predicted octanol–water partition coefficient (Wildman–Crippen LogP) is 2.40. The monoisotopic (exact) mass is 292 g/mol. The molecule has 0 bridgehead atoms. The highest BCUT2D eigenvalue weighted by molar-refractivity contribution is 5.50. The Hall–Kier alpha value is -1.24. The number of halogens is 3. The minimum atomic E-state index is -4.15. The lowest BCUT2D eigenvalue weighted by Crippen LogP contribution is -2.28. The Morgan fingerprint density at radius 3 is 2.50 bits per heavy atom. The van der Waals surface area contributed by atoms with E-state index in [-0.39, 0.29) is 12.6 Å². The van der Waals surface area contributed by atoms with Crippen molar-refractivity contribution in [3.05, 3.63) is 11.3 Å². The molecular formula is C13H23F3N4. The van der Waals surface area contributed by atoms with E-state index >= 15 is 0 Å². The molecule has 20 heavy (non-hydrogen) atoms. The molecule has 0 aliphatic carbocycles. The number of nitrogens with two attached hydrogens (primary N) is 1. The minimum absolute atomic E-state index is 0.00679. The van der Waals surface area contributed by atoms with Crippen LogP contribution in [0, 0.1) is 6.92 Å². The van der Waals surface area contributed by atoms with Gasteiger partial charge in [-0.3, -0.25) is 4.68 Å². The van der Waals surface area contributed by atoms with E-state index in [2.05, 4.69) is 5.10 Å². The lowest BCUT2D eigenvalue weighted by atomic mass is 10.0. The Bertz CT molecular complexity index is 440. The zero-order valence-electron chi connectivity index (χ0n) is 12.5. The third-order valence-corrected chi connectivity index (χ3v) is 3.40. The van der Waals surface area contributed by atoms with E-state index in [1.54, 1.807) is 23.7 Å². The Balaban J connectivity index is 2.92. The van der Waals surface area contributed by atoms with Gasteiger partial charge in [-0.15, -0.1) is 0 Å². The molecule has 1 aromatic heterocycles. The van der Waals surface area contributed by atoms with Crippen LogP contribution in [0.15, 0.2) is 0 Å². The Kier molecular flexibility index (Phi) is 5.44. The van der Waals surface area contributed by atoms with Crippen LogP contribution in [-0.2, 0) is 13.5 Å². The second-order valence-electron chi connectivity index (χ2n) is 5.17. The fraction of sp³-hybridized carbons (Fsp3) is 0.769. The van der Waals surface area contributed by atoms with E-state index in [0.717, 1.165) is 23.5 Å². The first-order chi connectivity index (χ1) is 9.15. The van der Waals surface area contributed by atoms with Gasteiger partial charge in [0.25, 0.3) is 0 Å². The van der Waals surface area contributed by atoms with Gasteiger partial charge in [-0.25, -0.2) is 0 Å². The highest BCUT2D eigenvalue weighted by Crippen LogP contribution is 2.26. The van der Waals surface area contributed by atoms with E-state index in [1.807, 2.05) is 13.8 Å². The summed E-state index contributed by atoms with van der Waals surface area (Å²) in [6.07, 6.45) is -3.54. The summed E-state index contributed by atoms with van der Waals surface area (Å²) in [7, 11) is 3.40. The Morgan fingerprint density at radius 1 is 1.40 bits per heavy atom. The zero-order valence-corrected chi connectivity index (χ0v) is 12.5. The molecule has 0 spiro atoms. The van der Waals surface area contributed by atoms with Crippen molar-refractivity contribution in [3.63, 3.8) is 0 Å². The molecule has 0 saturated carbocycles. The van der Waals surface area contributed by atoms with Crippen molar-refractivity contribution >= 4 is 5.82 Å². The lowest BCUT2D eigenvalue weighted by molar-refractivity contribution is -0.132. The van der Waals surface area contributed by atoms with Crippen molar-refractivity contribution in [2.75, 3.05) is 18.5 Å². The van der Waals surface area contributed by atoms with E-state index < -0.39 is 12.6 Å². The third kappa shape index (κ3) is 4.40. The summed E-state index contributed by atoms with van der Waals surface area (Å²) in [5.74, 6) is 0.718. The van der Waals surface area contributed by atoms with Gasteiger partial charge in [-0.2, -0.15) is 18.3 Å². The molecule has 1 unspecified atom stereocenters. The number of alkyl halides is 3. The van der Waals surface area contributed by atoms with Crippen LogP contribution in [0.3, 0.4) is 0 Å². The summed E-state index contributed by atoms with van der Waals surface area (Å²) >= 11 is 0. The average Bonchev–Trinajstić information content (AvgIpc) is 2.60. The van der Waals surface area contributed by atoms with E-state index in [1.165, 1.54) is 0 Å². The summed E-state index contributed by atoms with van der Waals surface area (Å²) in [5.41, 5.74) is 7.72. The first kappa shape index (κ1) is 16.8. The second kappa shape index (κ2) is 6.47. The summed E-state index contributed by atoms with van der Waals surface area (Å²) < 4.78 is 38.6. The molecule has 4 nitrogen and oxygen atoms in total. The third-order valence-electron chi connectivity index (χ3n) is 3.40. The van der Waals surface area contributed by atoms with Crippen molar-refractivity contribution in [2.24, 2.45) is 12.8 Å². The molecule has 1 heterocycles.